The molecule has 8 heavy (non-hydrogen) atoms. The van der Waals surface area contributed by atoms with Gasteiger partial charge in [-0.05, 0) is 6.08 Å². The van der Waals surface area contributed by atoms with Crippen LogP contribution in [0.25, 0.3) is 0 Å². The first kappa shape index (κ1) is 5.11. The lowest BCUT2D eigenvalue weighted by Gasteiger charge is -2.15. The molecule has 0 aromatic rings. The van der Waals surface area contributed by atoms with Gasteiger partial charge in [0, 0.05) is 6.20 Å². The van der Waals surface area contributed by atoms with Crippen molar-refractivity contribution in [3.63, 3.8) is 0 Å². The van der Waals surface area contributed by atoms with Crippen molar-refractivity contribution < 1.29 is 4.84 Å². The van der Waals surface area contributed by atoms with Crippen LogP contribution in [0, 0.1) is 0 Å². The highest BCUT2D eigenvalue weighted by Gasteiger charge is 1.92. The molecule has 0 amide bonds. The highest BCUT2D eigenvalue weighted by atomic mass is 16.7. The molecular weight excluding hydrogens is 106 g/mol. The summed E-state index contributed by atoms with van der Waals surface area (Å²) in [7, 11) is 1.53. The molecule has 0 aromatic heterocycles. The van der Waals surface area contributed by atoms with E-state index in [1.54, 1.807) is 18.5 Å². The molecule has 1 N–H and O–H groups in total. The number of nitrogens with zero attached hydrogens (tertiary/aromatic N) is 2. The summed E-state index contributed by atoms with van der Waals surface area (Å²) < 4.78 is 0. The molecule has 1 aliphatic heterocycles. The molecule has 0 saturated carbocycles. The van der Waals surface area contributed by atoms with Crippen LogP contribution >= 0.6 is 0 Å². The Labute approximate surface area is 47.4 Å². The van der Waals surface area contributed by atoms with E-state index in [1.807, 2.05) is 0 Å². The van der Waals surface area contributed by atoms with Gasteiger partial charge < -0.3 is 0 Å². The Kier molecular flexibility index (Phi) is 1.48. The van der Waals surface area contributed by atoms with Gasteiger partial charge in [-0.1, -0.05) is 5.28 Å². The summed E-state index contributed by atoms with van der Waals surface area (Å²) in [6.45, 7) is 0. The number of nitrogens with one attached hydrogen (secondary N) is 1. The normalized spacial score (nSPS) is 16.4. The summed E-state index contributed by atoms with van der Waals surface area (Å²) >= 11 is 0. The molecule has 4 nitrogen and oxygen atoms in total. The summed E-state index contributed by atoms with van der Waals surface area (Å²) in [4.78, 5) is 4.66. The van der Waals surface area contributed by atoms with Gasteiger partial charge in [-0.2, -0.15) is 0 Å². The molecule has 0 fully saturated rings. The van der Waals surface area contributed by atoms with E-state index in [1.165, 1.54) is 12.4 Å². The van der Waals surface area contributed by atoms with Crippen molar-refractivity contribution in [3.8, 4) is 0 Å². The van der Waals surface area contributed by atoms with Crippen molar-refractivity contribution >= 4 is 6.21 Å². The lowest BCUT2D eigenvalue weighted by atomic mass is 10.7. The second kappa shape index (κ2) is 2.32. The summed E-state index contributed by atoms with van der Waals surface area (Å²) in [5.74, 6) is 0. The largest absolute Gasteiger partial charge is 0.265 e. The molecule has 0 bridgehead atoms. The van der Waals surface area contributed by atoms with Crippen LogP contribution < -0.4 is 5.43 Å². The SMILES string of the molecule is CON1N=CC=CN1. The summed E-state index contributed by atoms with van der Waals surface area (Å²) in [5.41, 5.74) is 2.70. The van der Waals surface area contributed by atoms with Gasteiger partial charge in [-0.3, -0.25) is 5.43 Å². The highest BCUT2D eigenvalue weighted by Crippen LogP contribution is 1.85. The van der Waals surface area contributed by atoms with Crippen molar-refractivity contribution in [2.24, 2.45) is 5.10 Å². The quantitative estimate of drug-likeness (QED) is 0.514. The topological polar surface area (TPSA) is 36.9 Å². The smallest absolute Gasteiger partial charge is 0.0678 e. The maximum atomic E-state index is 4.66. The van der Waals surface area contributed by atoms with E-state index in [0.717, 1.165) is 0 Å². The maximum absolute atomic E-state index is 4.66. The third-order valence-electron chi connectivity index (χ3n) is 0.712. The molecule has 1 heterocycles. The summed E-state index contributed by atoms with van der Waals surface area (Å²) in [6.07, 6.45) is 5.12. The van der Waals surface area contributed by atoms with E-state index in [9.17, 15) is 0 Å². The molecule has 0 spiro atoms. The molecule has 1 aliphatic rings. The molecule has 0 radical (unpaired) electrons. The Balaban J connectivity index is 2.40. The van der Waals surface area contributed by atoms with Gasteiger partial charge in [-0.25, -0.2) is 4.84 Å². The molecule has 1 rings (SSSR count). The molecule has 0 atom stereocenters. The molecule has 4 heteroatoms. The number of allylic oxidation sites excluding steroid dienone is 1. The minimum atomic E-state index is 1.25. The van der Waals surface area contributed by atoms with E-state index in [-0.39, 0.29) is 0 Å². The highest BCUT2D eigenvalue weighted by molar-refractivity contribution is 5.70. The Morgan fingerprint density at radius 3 is 3.00 bits per heavy atom. The van der Waals surface area contributed by atoms with E-state index in [0.29, 0.717) is 0 Å². The Hall–Kier alpha value is -1.03. The minimum absolute atomic E-state index is 1.25. The lowest BCUT2D eigenvalue weighted by Crippen LogP contribution is -2.29. The third kappa shape index (κ3) is 0.974. The van der Waals surface area contributed by atoms with Crippen molar-refractivity contribution in [1.82, 2.24) is 10.7 Å². The molecule has 0 aromatic carbocycles. The number of rotatable bonds is 1. The number of hydrazone groups is 1. The molecule has 0 aliphatic carbocycles. The zero-order valence-corrected chi connectivity index (χ0v) is 4.53. The van der Waals surface area contributed by atoms with Crippen LogP contribution in [0.1, 0.15) is 0 Å². The Bertz CT molecular complexity index is 120. The first-order valence-electron chi connectivity index (χ1n) is 2.23. The van der Waals surface area contributed by atoms with E-state index in [2.05, 4.69) is 15.4 Å². The standard InChI is InChI=1S/C4H7N3O/c1-8-7-5-3-2-4-6-7/h2-5H,1H3. The van der Waals surface area contributed by atoms with Crippen LogP contribution in [0.2, 0.25) is 0 Å². The Morgan fingerprint density at radius 2 is 2.62 bits per heavy atom. The fraction of sp³-hybridized carbons (Fsp3) is 0.250. The van der Waals surface area contributed by atoms with Crippen LogP contribution in [0.3, 0.4) is 0 Å². The van der Waals surface area contributed by atoms with Gasteiger partial charge in [0.1, 0.15) is 0 Å². The summed E-state index contributed by atoms with van der Waals surface area (Å²) in [5, 5.41) is 4.99. The Morgan fingerprint density at radius 1 is 1.75 bits per heavy atom. The van der Waals surface area contributed by atoms with Crippen LogP contribution in [0.4, 0.5) is 0 Å². The lowest BCUT2D eigenvalue weighted by molar-refractivity contribution is -0.160. The minimum Gasteiger partial charge on any atom is -0.265 e. The predicted molar refractivity (Wildman–Crippen MR) is 29.6 cm³/mol. The number of hydrogen-bond donors (Lipinski definition) is 1. The second-order valence-corrected chi connectivity index (χ2v) is 1.21. The van der Waals surface area contributed by atoms with Crippen LogP contribution in [-0.2, 0) is 4.84 Å². The van der Waals surface area contributed by atoms with Crippen molar-refractivity contribution in [2.45, 2.75) is 0 Å². The van der Waals surface area contributed by atoms with Crippen LogP contribution in [0.5, 0.6) is 0 Å². The monoisotopic (exact) mass is 113 g/mol. The average Bonchev–Trinajstić information content (AvgIpc) is 1.90. The van der Waals surface area contributed by atoms with E-state index >= 15 is 0 Å². The van der Waals surface area contributed by atoms with Gasteiger partial charge in [-0.15, -0.1) is 5.10 Å². The summed E-state index contributed by atoms with van der Waals surface area (Å²) in [6, 6.07) is 0. The maximum Gasteiger partial charge on any atom is 0.0678 e. The predicted octanol–water partition coefficient (Wildman–Crippen LogP) is -0.133. The van der Waals surface area contributed by atoms with Crippen molar-refractivity contribution in [3.05, 3.63) is 12.3 Å². The fourth-order valence-electron chi connectivity index (χ4n) is 0.382. The molecule has 44 valence electrons. The van der Waals surface area contributed by atoms with Gasteiger partial charge in [0.2, 0.25) is 0 Å². The average molecular weight is 113 g/mol. The van der Waals surface area contributed by atoms with Crippen LogP contribution in [0.15, 0.2) is 17.4 Å². The first-order valence-corrected chi connectivity index (χ1v) is 2.23. The zero-order chi connectivity index (χ0) is 5.82. The zero-order valence-electron chi connectivity index (χ0n) is 4.53. The molecular formula is C4H7N3O. The van der Waals surface area contributed by atoms with Crippen molar-refractivity contribution in [1.29, 1.82) is 0 Å². The third-order valence-corrected chi connectivity index (χ3v) is 0.712. The first-order chi connectivity index (χ1) is 3.93. The van der Waals surface area contributed by atoms with E-state index < -0.39 is 0 Å². The fourth-order valence-corrected chi connectivity index (χ4v) is 0.382. The number of hydrazine groups is 1. The molecule has 0 unspecified atom stereocenters. The van der Waals surface area contributed by atoms with Crippen molar-refractivity contribution in [2.75, 3.05) is 7.11 Å². The van der Waals surface area contributed by atoms with Gasteiger partial charge in [0.25, 0.3) is 0 Å². The second-order valence-electron chi connectivity index (χ2n) is 1.21. The van der Waals surface area contributed by atoms with Crippen LogP contribution in [-0.4, -0.2) is 18.6 Å². The van der Waals surface area contributed by atoms with Gasteiger partial charge in [0.05, 0.1) is 13.3 Å². The van der Waals surface area contributed by atoms with Gasteiger partial charge >= 0.3 is 0 Å². The van der Waals surface area contributed by atoms with E-state index in [4.69, 9.17) is 0 Å². The van der Waals surface area contributed by atoms with Gasteiger partial charge in [0.15, 0.2) is 0 Å². The number of hydrogen-bond acceptors (Lipinski definition) is 4. The molecule has 0 saturated heterocycles.